The molecular weight excluding hydrogens is 284 g/mol. The Bertz CT molecular complexity index is 410. The number of piperidine rings is 1. The average molecular weight is 319 g/mol. The van der Waals surface area contributed by atoms with E-state index in [9.17, 15) is 4.79 Å². The van der Waals surface area contributed by atoms with Crippen LogP contribution >= 0.6 is 0 Å². The molecule has 4 fully saturated rings. The number of rotatable bonds is 2. The second kappa shape index (κ2) is 7.13. The second-order valence-corrected chi connectivity index (χ2v) is 8.68. The standard InChI is InChI=1S/C20H34N2O/c23-20(18-8-7-15-4-1-2-5-17(15)14-18)22-12-9-16(10-13-22)19-6-3-11-21-19/h15-19,21H,1-14H2. The second-order valence-electron chi connectivity index (χ2n) is 8.68. The van der Waals surface area contributed by atoms with Crippen LogP contribution in [0.3, 0.4) is 0 Å². The third kappa shape index (κ3) is 3.45. The Morgan fingerprint density at radius 3 is 2.30 bits per heavy atom. The van der Waals surface area contributed by atoms with Crippen molar-refractivity contribution in [2.24, 2.45) is 23.7 Å². The SMILES string of the molecule is O=C(C1CCC2CCCCC2C1)N1CCC(C2CCCN2)CC1. The Kier molecular flexibility index (Phi) is 4.93. The largest absolute Gasteiger partial charge is 0.342 e. The number of nitrogens with zero attached hydrogens (tertiary/aromatic N) is 1. The molecule has 2 heterocycles. The Labute approximate surface area is 141 Å². The fourth-order valence-corrected chi connectivity index (χ4v) is 5.99. The van der Waals surface area contributed by atoms with Crippen LogP contribution in [-0.4, -0.2) is 36.5 Å². The van der Waals surface area contributed by atoms with Crippen molar-refractivity contribution in [2.75, 3.05) is 19.6 Å². The summed E-state index contributed by atoms with van der Waals surface area (Å²) in [6.45, 7) is 3.24. The topological polar surface area (TPSA) is 32.3 Å². The van der Waals surface area contributed by atoms with Crippen molar-refractivity contribution in [2.45, 2.75) is 76.7 Å². The van der Waals surface area contributed by atoms with Crippen LogP contribution in [0.4, 0.5) is 0 Å². The van der Waals surface area contributed by atoms with Gasteiger partial charge in [0.05, 0.1) is 0 Å². The van der Waals surface area contributed by atoms with E-state index in [-0.39, 0.29) is 0 Å². The first-order valence-electron chi connectivity index (χ1n) is 10.3. The van der Waals surface area contributed by atoms with E-state index in [0.717, 1.165) is 36.9 Å². The Hall–Kier alpha value is -0.570. The number of nitrogens with one attached hydrogen (secondary N) is 1. The Morgan fingerprint density at radius 2 is 1.57 bits per heavy atom. The molecule has 0 aromatic carbocycles. The smallest absolute Gasteiger partial charge is 0.225 e. The number of amides is 1. The van der Waals surface area contributed by atoms with Gasteiger partial charge in [-0.2, -0.15) is 0 Å². The number of carbonyl (C=O) groups is 1. The van der Waals surface area contributed by atoms with Crippen LogP contribution < -0.4 is 5.32 Å². The fourth-order valence-electron chi connectivity index (χ4n) is 5.99. The van der Waals surface area contributed by atoms with Gasteiger partial charge >= 0.3 is 0 Å². The Morgan fingerprint density at radius 1 is 0.783 bits per heavy atom. The number of likely N-dealkylation sites (tertiary alicyclic amines) is 1. The molecule has 2 saturated heterocycles. The molecule has 3 nitrogen and oxygen atoms in total. The lowest BCUT2D eigenvalue weighted by molar-refractivity contribution is -0.139. The third-order valence-corrected chi connectivity index (χ3v) is 7.41. The molecule has 0 aromatic heterocycles. The van der Waals surface area contributed by atoms with Crippen molar-refractivity contribution in [3.63, 3.8) is 0 Å². The maximum Gasteiger partial charge on any atom is 0.225 e. The number of hydrogen-bond acceptors (Lipinski definition) is 2. The summed E-state index contributed by atoms with van der Waals surface area (Å²) in [4.78, 5) is 15.2. The van der Waals surface area contributed by atoms with Crippen LogP contribution in [0.25, 0.3) is 0 Å². The van der Waals surface area contributed by atoms with E-state index in [4.69, 9.17) is 0 Å². The van der Waals surface area contributed by atoms with Gasteiger partial charge in [-0.3, -0.25) is 4.79 Å². The maximum absolute atomic E-state index is 13.0. The summed E-state index contributed by atoms with van der Waals surface area (Å²) in [6.07, 6.45) is 14.5. The van der Waals surface area contributed by atoms with E-state index in [2.05, 4.69) is 10.2 Å². The number of carbonyl (C=O) groups excluding carboxylic acids is 1. The van der Waals surface area contributed by atoms with Crippen LogP contribution in [0.1, 0.15) is 70.6 Å². The number of fused-ring (bicyclic) bond motifs is 1. The van der Waals surface area contributed by atoms with Crippen LogP contribution in [-0.2, 0) is 4.79 Å². The molecule has 0 spiro atoms. The molecule has 4 atom stereocenters. The predicted octanol–water partition coefficient (Wildman–Crippen LogP) is 3.58. The normalized spacial score (nSPS) is 39.2. The lowest BCUT2D eigenvalue weighted by Crippen LogP contribution is -2.46. The summed E-state index contributed by atoms with van der Waals surface area (Å²) in [5, 5.41) is 3.66. The van der Waals surface area contributed by atoms with Gasteiger partial charge in [0.15, 0.2) is 0 Å². The zero-order valence-corrected chi connectivity index (χ0v) is 14.6. The molecule has 1 N–H and O–H groups in total. The molecule has 4 aliphatic rings. The van der Waals surface area contributed by atoms with Crippen molar-refractivity contribution in [3.05, 3.63) is 0 Å². The van der Waals surface area contributed by atoms with Crippen LogP contribution in [0, 0.1) is 23.7 Å². The summed E-state index contributed by atoms with van der Waals surface area (Å²) in [5.41, 5.74) is 0. The van der Waals surface area contributed by atoms with E-state index in [1.165, 1.54) is 77.2 Å². The predicted molar refractivity (Wildman–Crippen MR) is 93.1 cm³/mol. The van der Waals surface area contributed by atoms with Gasteiger partial charge in [-0.05, 0) is 69.2 Å². The van der Waals surface area contributed by atoms with Gasteiger partial charge in [0.1, 0.15) is 0 Å². The molecule has 23 heavy (non-hydrogen) atoms. The average Bonchev–Trinajstić information content (AvgIpc) is 3.15. The summed E-state index contributed by atoms with van der Waals surface area (Å²) in [5.74, 6) is 3.50. The summed E-state index contributed by atoms with van der Waals surface area (Å²) >= 11 is 0. The summed E-state index contributed by atoms with van der Waals surface area (Å²) in [7, 11) is 0. The molecule has 2 saturated carbocycles. The van der Waals surface area contributed by atoms with Gasteiger partial charge in [0.2, 0.25) is 5.91 Å². The molecule has 0 aromatic rings. The van der Waals surface area contributed by atoms with Crippen LogP contribution in [0.15, 0.2) is 0 Å². The van der Waals surface area contributed by atoms with Crippen LogP contribution in [0.2, 0.25) is 0 Å². The van der Waals surface area contributed by atoms with Crippen molar-refractivity contribution >= 4 is 5.91 Å². The first-order chi connectivity index (χ1) is 11.3. The van der Waals surface area contributed by atoms with E-state index in [0.29, 0.717) is 11.8 Å². The van der Waals surface area contributed by atoms with Crippen LogP contribution in [0.5, 0.6) is 0 Å². The first kappa shape index (κ1) is 15.9. The van der Waals surface area contributed by atoms with Gasteiger partial charge in [0, 0.05) is 25.0 Å². The molecule has 0 radical (unpaired) electrons. The quantitative estimate of drug-likeness (QED) is 0.844. The highest BCUT2D eigenvalue weighted by Crippen LogP contribution is 2.43. The van der Waals surface area contributed by atoms with Gasteiger partial charge in [-0.15, -0.1) is 0 Å². The highest BCUT2D eigenvalue weighted by Gasteiger charge is 2.38. The highest BCUT2D eigenvalue weighted by atomic mass is 16.2. The lowest BCUT2D eigenvalue weighted by Gasteiger charge is -2.41. The van der Waals surface area contributed by atoms with Crippen molar-refractivity contribution in [3.8, 4) is 0 Å². The summed E-state index contributed by atoms with van der Waals surface area (Å²) < 4.78 is 0. The van der Waals surface area contributed by atoms with Gasteiger partial charge in [-0.1, -0.05) is 25.7 Å². The molecule has 4 unspecified atom stereocenters. The third-order valence-electron chi connectivity index (χ3n) is 7.41. The van der Waals surface area contributed by atoms with Gasteiger partial charge in [-0.25, -0.2) is 0 Å². The van der Waals surface area contributed by atoms with Gasteiger partial charge in [0.25, 0.3) is 0 Å². The first-order valence-corrected chi connectivity index (χ1v) is 10.3. The number of hydrogen-bond donors (Lipinski definition) is 1. The minimum Gasteiger partial charge on any atom is -0.342 e. The van der Waals surface area contributed by atoms with E-state index >= 15 is 0 Å². The molecule has 2 aliphatic heterocycles. The fraction of sp³-hybridized carbons (Fsp3) is 0.950. The van der Waals surface area contributed by atoms with Crippen molar-refractivity contribution < 1.29 is 4.79 Å². The van der Waals surface area contributed by atoms with E-state index in [1.807, 2.05) is 0 Å². The monoisotopic (exact) mass is 318 g/mol. The Balaban J connectivity index is 1.28. The minimum absolute atomic E-state index is 0.357. The maximum atomic E-state index is 13.0. The molecular formula is C20H34N2O. The van der Waals surface area contributed by atoms with E-state index < -0.39 is 0 Å². The summed E-state index contributed by atoms with van der Waals surface area (Å²) in [6, 6.07) is 0.741. The lowest BCUT2D eigenvalue weighted by atomic mass is 9.67. The van der Waals surface area contributed by atoms with Crippen molar-refractivity contribution in [1.82, 2.24) is 10.2 Å². The molecule has 0 bridgehead atoms. The molecule has 1 amide bonds. The minimum atomic E-state index is 0.357. The van der Waals surface area contributed by atoms with E-state index in [1.54, 1.807) is 0 Å². The van der Waals surface area contributed by atoms with Gasteiger partial charge < -0.3 is 10.2 Å². The molecule has 3 heteroatoms. The molecule has 2 aliphatic carbocycles. The zero-order valence-electron chi connectivity index (χ0n) is 14.6. The molecule has 130 valence electrons. The molecule has 4 rings (SSSR count). The van der Waals surface area contributed by atoms with Crippen molar-refractivity contribution in [1.29, 1.82) is 0 Å². The highest BCUT2D eigenvalue weighted by molar-refractivity contribution is 5.79. The zero-order chi connectivity index (χ0) is 15.6.